The van der Waals surface area contributed by atoms with Gasteiger partial charge in [0.05, 0.1) is 17.5 Å². The number of nitrogens with zero attached hydrogens (tertiary/aromatic N) is 4. The molecule has 0 saturated carbocycles. The predicted octanol–water partition coefficient (Wildman–Crippen LogP) is 4.68. The van der Waals surface area contributed by atoms with E-state index in [4.69, 9.17) is 4.52 Å². The Balaban J connectivity index is 1.26. The average Bonchev–Trinajstić information content (AvgIpc) is 3.36. The highest BCUT2D eigenvalue weighted by Crippen LogP contribution is 2.33. The van der Waals surface area contributed by atoms with Crippen LogP contribution >= 0.6 is 0 Å². The van der Waals surface area contributed by atoms with Gasteiger partial charge in [0.2, 0.25) is 11.7 Å². The molecule has 6 nitrogen and oxygen atoms in total. The minimum absolute atomic E-state index is 0.0330. The molecule has 1 fully saturated rings. The number of benzene rings is 2. The van der Waals surface area contributed by atoms with Gasteiger partial charge in [-0.05, 0) is 43.0 Å². The van der Waals surface area contributed by atoms with E-state index in [2.05, 4.69) is 10.1 Å². The van der Waals surface area contributed by atoms with E-state index in [-0.39, 0.29) is 24.8 Å². The summed E-state index contributed by atoms with van der Waals surface area (Å²) < 4.78 is 47.2. The number of fused-ring (bicyclic) bond motifs is 2. The summed E-state index contributed by atoms with van der Waals surface area (Å²) >= 11 is 0. The summed E-state index contributed by atoms with van der Waals surface area (Å²) in [4.78, 5) is 18.4. The zero-order valence-corrected chi connectivity index (χ0v) is 17.2. The Kier molecular flexibility index (Phi) is 5.11. The lowest BCUT2D eigenvalue weighted by molar-refractivity contribution is -0.147. The Bertz CT molecular complexity index is 1270. The molecule has 2 aromatic heterocycles. The first-order chi connectivity index (χ1) is 15.4. The fourth-order valence-electron chi connectivity index (χ4n) is 4.42. The lowest BCUT2D eigenvalue weighted by Crippen LogP contribution is -2.40. The summed E-state index contributed by atoms with van der Waals surface area (Å²) in [5.74, 6) is -0.882. The van der Waals surface area contributed by atoms with Gasteiger partial charge in [-0.3, -0.25) is 4.79 Å². The Morgan fingerprint density at radius 3 is 2.56 bits per heavy atom. The summed E-state index contributed by atoms with van der Waals surface area (Å²) in [7, 11) is 0. The number of alkyl halides is 3. The van der Waals surface area contributed by atoms with Crippen LogP contribution in [-0.2, 0) is 23.9 Å². The third kappa shape index (κ3) is 3.83. The van der Waals surface area contributed by atoms with Gasteiger partial charge < -0.3 is 14.0 Å². The number of halogens is 3. The molecule has 0 atom stereocenters. The summed E-state index contributed by atoms with van der Waals surface area (Å²) in [6, 6.07) is 14.0. The van der Waals surface area contributed by atoms with Crippen LogP contribution in [-0.4, -0.2) is 38.6 Å². The van der Waals surface area contributed by atoms with Gasteiger partial charge in [0.1, 0.15) is 5.69 Å². The zero-order valence-electron chi connectivity index (χ0n) is 17.2. The summed E-state index contributed by atoms with van der Waals surface area (Å²) in [6.45, 7) is 1.24. The normalized spacial score (nSPS) is 15.7. The standard InChI is InChI=1S/C23H21F3N4O2/c24-23(25,26)22-27-17-6-2-3-7-19(17)30(22)14-15-9-11-29(12-10-15)21(31)13-18-16-5-1-4-8-20(16)32-28-18/h1-8,15H,9-14H2. The van der Waals surface area contributed by atoms with E-state index in [1.165, 1.54) is 4.57 Å². The average molecular weight is 442 g/mol. The second kappa shape index (κ2) is 7.96. The summed E-state index contributed by atoms with van der Waals surface area (Å²) in [5, 5.41) is 4.84. The van der Waals surface area contributed by atoms with E-state index >= 15 is 0 Å². The fourth-order valence-corrected chi connectivity index (χ4v) is 4.42. The number of carbonyl (C=O) groups is 1. The van der Waals surface area contributed by atoms with E-state index in [1.807, 2.05) is 18.2 Å². The molecule has 5 rings (SSSR count). The van der Waals surface area contributed by atoms with Crippen molar-refractivity contribution in [2.24, 2.45) is 5.92 Å². The zero-order chi connectivity index (χ0) is 22.3. The number of rotatable bonds is 4. The molecule has 0 bridgehead atoms. The molecule has 1 aliphatic heterocycles. The van der Waals surface area contributed by atoms with Crippen molar-refractivity contribution in [3.05, 3.63) is 60.0 Å². The molecule has 1 aliphatic rings. The molecule has 0 spiro atoms. The molecule has 0 unspecified atom stereocenters. The monoisotopic (exact) mass is 442 g/mol. The first-order valence-corrected chi connectivity index (χ1v) is 10.5. The predicted molar refractivity (Wildman–Crippen MR) is 112 cm³/mol. The number of piperidine rings is 1. The van der Waals surface area contributed by atoms with Crippen LogP contribution in [0.2, 0.25) is 0 Å². The maximum atomic E-state index is 13.6. The second-order valence-electron chi connectivity index (χ2n) is 8.16. The fraction of sp³-hybridized carbons (Fsp3) is 0.348. The number of carbonyl (C=O) groups excluding carboxylic acids is 1. The van der Waals surface area contributed by atoms with Crippen molar-refractivity contribution in [2.45, 2.75) is 32.0 Å². The first kappa shape index (κ1) is 20.5. The Morgan fingerprint density at radius 1 is 1.06 bits per heavy atom. The Morgan fingerprint density at radius 2 is 1.78 bits per heavy atom. The van der Waals surface area contributed by atoms with Crippen LogP contribution in [0.1, 0.15) is 24.4 Å². The maximum absolute atomic E-state index is 13.6. The second-order valence-corrected chi connectivity index (χ2v) is 8.16. The van der Waals surface area contributed by atoms with Crippen molar-refractivity contribution in [1.82, 2.24) is 19.6 Å². The van der Waals surface area contributed by atoms with Gasteiger partial charge in [-0.25, -0.2) is 4.98 Å². The van der Waals surface area contributed by atoms with Crippen LogP contribution in [0, 0.1) is 5.92 Å². The van der Waals surface area contributed by atoms with E-state index in [0.717, 1.165) is 5.39 Å². The Hall–Kier alpha value is -3.36. The largest absolute Gasteiger partial charge is 0.449 e. The van der Waals surface area contributed by atoms with Crippen molar-refractivity contribution >= 4 is 27.9 Å². The molecule has 9 heteroatoms. The van der Waals surface area contributed by atoms with Crippen LogP contribution in [0.25, 0.3) is 22.0 Å². The topological polar surface area (TPSA) is 64.2 Å². The van der Waals surface area contributed by atoms with E-state index in [1.54, 1.807) is 35.2 Å². The molecule has 32 heavy (non-hydrogen) atoms. The molecular formula is C23H21F3N4O2. The smallest absolute Gasteiger partial charge is 0.356 e. The lowest BCUT2D eigenvalue weighted by atomic mass is 9.96. The van der Waals surface area contributed by atoms with Gasteiger partial charge in [-0.15, -0.1) is 0 Å². The molecule has 0 aliphatic carbocycles. The van der Waals surface area contributed by atoms with Gasteiger partial charge in [0.15, 0.2) is 5.58 Å². The van der Waals surface area contributed by atoms with E-state index in [0.29, 0.717) is 48.2 Å². The van der Waals surface area contributed by atoms with Crippen LogP contribution in [0.15, 0.2) is 53.1 Å². The van der Waals surface area contributed by atoms with Gasteiger partial charge in [-0.2, -0.15) is 13.2 Å². The van der Waals surface area contributed by atoms with Crippen LogP contribution in [0.5, 0.6) is 0 Å². The minimum atomic E-state index is -4.52. The molecule has 1 amide bonds. The number of imidazole rings is 1. The molecule has 166 valence electrons. The van der Waals surface area contributed by atoms with Gasteiger partial charge in [0, 0.05) is 25.0 Å². The number of likely N-dealkylation sites (tertiary alicyclic amines) is 1. The number of hydrogen-bond acceptors (Lipinski definition) is 4. The quantitative estimate of drug-likeness (QED) is 0.461. The number of hydrogen-bond donors (Lipinski definition) is 0. The van der Waals surface area contributed by atoms with Crippen molar-refractivity contribution in [3.63, 3.8) is 0 Å². The molecular weight excluding hydrogens is 421 g/mol. The maximum Gasteiger partial charge on any atom is 0.449 e. The number of amides is 1. The lowest BCUT2D eigenvalue weighted by Gasteiger charge is -2.32. The summed E-state index contributed by atoms with van der Waals surface area (Å²) in [6.07, 6.45) is -3.10. The van der Waals surface area contributed by atoms with Crippen molar-refractivity contribution in [1.29, 1.82) is 0 Å². The number of para-hydroxylation sites is 3. The highest BCUT2D eigenvalue weighted by Gasteiger charge is 2.38. The van der Waals surface area contributed by atoms with Crippen LogP contribution in [0.3, 0.4) is 0 Å². The Labute approximate surface area is 181 Å². The molecule has 3 heterocycles. The summed E-state index contributed by atoms with van der Waals surface area (Å²) in [5.41, 5.74) is 2.07. The molecule has 0 N–H and O–H groups in total. The first-order valence-electron chi connectivity index (χ1n) is 10.5. The van der Waals surface area contributed by atoms with E-state index in [9.17, 15) is 18.0 Å². The third-order valence-electron chi connectivity index (χ3n) is 6.09. The molecule has 4 aromatic rings. The van der Waals surface area contributed by atoms with E-state index < -0.39 is 12.0 Å². The SMILES string of the molecule is O=C(Cc1noc2ccccc12)N1CCC(Cn2c(C(F)(F)F)nc3ccccc32)CC1. The van der Waals surface area contributed by atoms with Crippen molar-refractivity contribution in [3.8, 4) is 0 Å². The third-order valence-corrected chi connectivity index (χ3v) is 6.09. The van der Waals surface area contributed by atoms with Crippen molar-refractivity contribution < 1.29 is 22.5 Å². The number of aromatic nitrogens is 3. The highest BCUT2D eigenvalue weighted by molar-refractivity contribution is 5.86. The molecule has 0 radical (unpaired) electrons. The van der Waals surface area contributed by atoms with Crippen LogP contribution < -0.4 is 0 Å². The minimum Gasteiger partial charge on any atom is -0.356 e. The molecule has 1 saturated heterocycles. The van der Waals surface area contributed by atoms with Crippen molar-refractivity contribution in [2.75, 3.05) is 13.1 Å². The van der Waals surface area contributed by atoms with Gasteiger partial charge >= 0.3 is 6.18 Å². The van der Waals surface area contributed by atoms with Crippen LogP contribution in [0.4, 0.5) is 13.2 Å². The highest BCUT2D eigenvalue weighted by atomic mass is 19.4. The van der Waals surface area contributed by atoms with Gasteiger partial charge in [0.25, 0.3) is 0 Å². The van der Waals surface area contributed by atoms with Gasteiger partial charge in [-0.1, -0.05) is 29.4 Å². The molecule has 2 aromatic carbocycles.